The summed E-state index contributed by atoms with van der Waals surface area (Å²) in [5.41, 5.74) is 25.0. The van der Waals surface area contributed by atoms with Gasteiger partial charge >= 0.3 is 0 Å². The van der Waals surface area contributed by atoms with E-state index < -0.39 is 0 Å². The van der Waals surface area contributed by atoms with Gasteiger partial charge in [0.15, 0.2) is 0 Å². The third kappa shape index (κ3) is 2.84. The van der Waals surface area contributed by atoms with Crippen LogP contribution < -0.4 is 10.4 Å². The topological polar surface area (TPSA) is 0 Å². The van der Waals surface area contributed by atoms with Gasteiger partial charge in [-0.05, 0) is 139 Å². The highest BCUT2D eigenvalue weighted by Gasteiger charge is 2.38. The summed E-state index contributed by atoms with van der Waals surface area (Å²) in [5.74, 6) is 1.31. The Kier molecular flexibility index (Phi) is 4.40. The largest absolute Gasteiger partial charge is 0.0830 e. The zero-order chi connectivity index (χ0) is 27.7. The molecule has 0 aliphatic heterocycles. The van der Waals surface area contributed by atoms with Crippen molar-refractivity contribution in [3.63, 3.8) is 0 Å². The third-order valence-electron chi connectivity index (χ3n) is 10.9. The molecule has 3 atom stereocenters. The maximum Gasteiger partial charge on any atom is 0.0143 e. The highest BCUT2D eigenvalue weighted by atomic mass is 14.4. The van der Waals surface area contributed by atoms with E-state index in [9.17, 15) is 0 Å². The maximum absolute atomic E-state index is 3.31. The predicted molar refractivity (Wildman–Crippen MR) is 175 cm³/mol. The van der Waals surface area contributed by atoms with Gasteiger partial charge in [0.25, 0.3) is 0 Å². The second-order valence-electron chi connectivity index (χ2n) is 13.0. The highest BCUT2D eigenvalue weighted by molar-refractivity contribution is 6.02. The molecular weight excluding hydrogens is 504 g/mol. The van der Waals surface area contributed by atoms with Crippen LogP contribution in [0.3, 0.4) is 0 Å². The molecule has 0 spiro atoms. The molecule has 2 unspecified atom stereocenters. The fourth-order valence-electron chi connectivity index (χ4n) is 9.16. The Balaban J connectivity index is 1.21. The lowest BCUT2D eigenvalue weighted by Crippen LogP contribution is -2.32. The average Bonchev–Trinajstić information content (AvgIpc) is 3.50. The molecule has 0 N–H and O–H groups in total. The molecule has 42 heavy (non-hydrogen) atoms. The van der Waals surface area contributed by atoms with Crippen molar-refractivity contribution in [2.45, 2.75) is 44.9 Å². The Hall–Kier alpha value is -4.60. The average molecular weight is 535 g/mol. The molecule has 0 saturated carbocycles. The van der Waals surface area contributed by atoms with E-state index in [1.807, 2.05) is 0 Å². The van der Waals surface area contributed by atoms with Crippen LogP contribution in [0.4, 0.5) is 0 Å². The lowest BCUT2D eigenvalue weighted by molar-refractivity contribution is 0.818. The molecule has 0 heterocycles. The summed E-state index contributed by atoms with van der Waals surface area (Å²) >= 11 is 0. The molecule has 4 aromatic rings. The van der Waals surface area contributed by atoms with Crippen LogP contribution in [0.25, 0.3) is 51.3 Å². The van der Waals surface area contributed by atoms with Crippen LogP contribution in [-0.4, -0.2) is 0 Å². The molecule has 6 aliphatic rings. The monoisotopic (exact) mass is 534 g/mol. The molecule has 0 radical (unpaired) electrons. The highest BCUT2D eigenvalue weighted by Crippen LogP contribution is 2.54. The van der Waals surface area contributed by atoms with Crippen LogP contribution in [0.2, 0.25) is 0 Å². The van der Waals surface area contributed by atoms with Crippen molar-refractivity contribution in [1.29, 1.82) is 0 Å². The Morgan fingerprint density at radius 3 is 2.74 bits per heavy atom. The summed E-state index contributed by atoms with van der Waals surface area (Å²) < 4.78 is 0. The fourth-order valence-corrected chi connectivity index (χ4v) is 9.16. The van der Waals surface area contributed by atoms with Gasteiger partial charge in [0, 0.05) is 23.3 Å². The van der Waals surface area contributed by atoms with Crippen molar-refractivity contribution in [1.82, 2.24) is 0 Å². The maximum atomic E-state index is 3.31. The van der Waals surface area contributed by atoms with Gasteiger partial charge in [-0.15, -0.1) is 0 Å². The van der Waals surface area contributed by atoms with Crippen LogP contribution in [0.5, 0.6) is 0 Å². The Labute approximate surface area is 246 Å². The summed E-state index contributed by atoms with van der Waals surface area (Å²) in [5, 5.41) is 5.63. The molecule has 0 heteroatoms. The van der Waals surface area contributed by atoms with Crippen LogP contribution in [0.15, 0.2) is 95.4 Å². The molecule has 4 aromatic carbocycles. The minimum atomic E-state index is 0.422. The van der Waals surface area contributed by atoms with Gasteiger partial charge in [0.2, 0.25) is 0 Å². The second-order valence-corrected chi connectivity index (χ2v) is 13.0. The predicted octanol–water partition coefficient (Wildman–Crippen LogP) is 8.73. The van der Waals surface area contributed by atoms with E-state index in [2.05, 4.69) is 116 Å². The molecule has 0 bridgehead atoms. The molecular formula is C42H30. The molecule has 0 aromatic heterocycles. The molecule has 0 amide bonds. The molecule has 0 fully saturated rings. The van der Waals surface area contributed by atoms with E-state index >= 15 is 0 Å². The van der Waals surface area contributed by atoms with E-state index in [1.54, 1.807) is 16.7 Å². The number of benzene rings is 4. The van der Waals surface area contributed by atoms with Gasteiger partial charge in [0.05, 0.1) is 0 Å². The lowest BCUT2D eigenvalue weighted by atomic mass is 9.80. The summed E-state index contributed by atoms with van der Waals surface area (Å²) in [7, 11) is 0. The van der Waals surface area contributed by atoms with Crippen LogP contribution in [-0.2, 0) is 6.42 Å². The lowest BCUT2D eigenvalue weighted by Gasteiger charge is -2.23. The Morgan fingerprint density at radius 1 is 0.857 bits per heavy atom. The minimum Gasteiger partial charge on any atom is -0.0830 e. The van der Waals surface area contributed by atoms with Crippen molar-refractivity contribution >= 4 is 40.1 Å². The van der Waals surface area contributed by atoms with Crippen molar-refractivity contribution in [2.24, 2.45) is 5.92 Å². The number of rotatable bonds is 1. The van der Waals surface area contributed by atoms with Crippen molar-refractivity contribution in [2.75, 3.05) is 0 Å². The van der Waals surface area contributed by atoms with Crippen molar-refractivity contribution in [3.8, 4) is 11.1 Å². The van der Waals surface area contributed by atoms with Gasteiger partial charge in [-0.3, -0.25) is 0 Å². The molecule has 0 saturated heterocycles. The molecule has 10 rings (SSSR count). The fraction of sp³-hybridized carbons (Fsp3) is 0.190. The van der Waals surface area contributed by atoms with E-state index in [4.69, 9.17) is 0 Å². The van der Waals surface area contributed by atoms with Gasteiger partial charge in [-0.2, -0.15) is 0 Å². The molecule has 0 nitrogen and oxygen atoms in total. The van der Waals surface area contributed by atoms with Crippen molar-refractivity contribution in [3.05, 3.63) is 145 Å². The van der Waals surface area contributed by atoms with E-state index in [0.717, 1.165) is 12.8 Å². The van der Waals surface area contributed by atoms with E-state index in [0.29, 0.717) is 17.8 Å². The first-order valence-corrected chi connectivity index (χ1v) is 15.5. The Bertz CT molecular complexity index is 2320. The normalized spacial score (nSPS) is 23.0. The quantitative estimate of drug-likeness (QED) is 0.214. The summed E-state index contributed by atoms with van der Waals surface area (Å²) in [6, 6.07) is 21.5. The smallest absolute Gasteiger partial charge is 0.0143 e. The first-order chi connectivity index (χ1) is 20.7. The first-order valence-electron chi connectivity index (χ1n) is 15.5. The van der Waals surface area contributed by atoms with Crippen LogP contribution in [0, 0.1) is 5.92 Å². The van der Waals surface area contributed by atoms with Gasteiger partial charge in [-0.25, -0.2) is 0 Å². The van der Waals surface area contributed by atoms with E-state index in [1.165, 1.54) is 83.3 Å². The van der Waals surface area contributed by atoms with Gasteiger partial charge < -0.3 is 0 Å². The van der Waals surface area contributed by atoms with E-state index in [-0.39, 0.29) is 0 Å². The zero-order valence-corrected chi connectivity index (χ0v) is 24.0. The van der Waals surface area contributed by atoms with Crippen molar-refractivity contribution < 1.29 is 0 Å². The van der Waals surface area contributed by atoms with Gasteiger partial charge in [-0.1, -0.05) is 84.3 Å². The summed E-state index contributed by atoms with van der Waals surface area (Å²) in [6.07, 6.45) is 18.0. The number of aryl methyl sites for hydroxylation is 1. The minimum absolute atomic E-state index is 0.422. The number of hydrogen-bond donors (Lipinski definition) is 0. The number of allylic oxidation sites excluding steroid dienone is 7. The van der Waals surface area contributed by atoms with Gasteiger partial charge in [0.1, 0.15) is 0 Å². The molecule has 6 aliphatic carbocycles. The first kappa shape index (κ1) is 23.0. The molecule has 198 valence electrons. The zero-order valence-electron chi connectivity index (χ0n) is 24.0. The van der Waals surface area contributed by atoms with Crippen LogP contribution in [0.1, 0.15) is 77.5 Å². The Morgan fingerprint density at radius 2 is 1.81 bits per heavy atom. The summed E-state index contributed by atoms with van der Waals surface area (Å²) in [4.78, 5) is 0. The number of hydrogen-bond acceptors (Lipinski definition) is 0. The second kappa shape index (κ2) is 8.02. The number of fused-ring (bicyclic) bond motifs is 10. The standard InChI is InChI=1S/C42H30/c1-23-7-3-8-24(2)40(23)27-16-18-29-35(20-27)33-14-6-13-30-28-17-15-26-19-36-31-11-4-9-25-10-5-12-32(41(25)31)38(36)21-34(26)37(28)22-39(29)42(30)33/h4,6-7,9,11-13,15-22,33,36,38H,5,10,14H2,1-2H3/t33?,36?,38-/m0/s1. The third-order valence-corrected chi connectivity index (χ3v) is 10.9. The SMILES string of the molecule is CC1=C=C=CC(C)=C1c1ccc2c(c1)C1CC=Cc3c1c-2cc1c2c(ccc31)=CC1c3cccc4c3C(=CCC4)[C@@H]1C=2. The summed E-state index contributed by atoms with van der Waals surface area (Å²) in [6.45, 7) is 4.35. The van der Waals surface area contributed by atoms with Crippen LogP contribution >= 0.6 is 0 Å².